The average Bonchev–Trinajstić information content (AvgIpc) is 2.13. The largest absolute Gasteiger partial charge is 0.399 e. The number of nitrogens with two attached hydrogens (primary N) is 1. The molecule has 0 aliphatic rings. The molecule has 0 spiro atoms. The molecule has 3 nitrogen and oxygen atoms in total. The molecule has 0 saturated carbocycles. The van der Waals surface area contributed by atoms with Crippen LogP contribution in [0.2, 0.25) is 0 Å². The Morgan fingerprint density at radius 3 is 2.29 bits per heavy atom. The van der Waals surface area contributed by atoms with Gasteiger partial charge in [-0.1, -0.05) is 20.8 Å². The summed E-state index contributed by atoms with van der Waals surface area (Å²) in [5.74, 6) is 0.182. The molecule has 0 aliphatic carbocycles. The van der Waals surface area contributed by atoms with E-state index >= 15 is 0 Å². The highest BCUT2D eigenvalue weighted by atomic mass is 32.2. The number of anilines is 1. The van der Waals surface area contributed by atoms with Gasteiger partial charge < -0.3 is 5.73 Å². The molecule has 0 atom stereocenters. The van der Waals surface area contributed by atoms with Crippen LogP contribution in [0.1, 0.15) is 32.8 Å². The Bertz CT molecular complexity index is 499. The number of aryl methyl sites for hydroxylation is 1. The van der Waals surface area contributed by atoms with Crippen LogP contribution in [-0.4, -0.2) is 14.2 Å². The van der Waals surface area contributed by atoms with Crippen molar-refractivity contribution >= 4 is 15.5 Å². The first-order valence-corrected chi connectivity index (χ1v) is 7.36. The first-order valence-electron chi connectivity index (χ1n) is 5.71. The second-order valence-electron chi connectivity index (χ2n) is 5.65. The lowest BCUT2D eigenvalue weighted by Gasteiger charge is -2.18. The highest BCUT2D eigenvalue weighted by molar-refractivity contribution is 7.91. The molecule has 0 fully saturated rings. The topological polar surface area (TPSA) is 60.2 Å². The van der Waals surface area contributed by atoms with Crippen molar-refractivity contribution in [3.8, 4) is 0 Å². The minimum Gasteiger partial charge on any atom is -0.399 e. The molecule has 0 aliphatic heterocycles. The van der Waals surface area contributed by atoms with Gasteiger partial charge in [0.2, 0.25) is 0 Å². The van der Waals surface area contributed by atoms with Crippen LogP contribution in [0, 0.1) is 12.3 Å². The zero-order chi connectivity index (χ0) is 13.3. The van der Waals surface area contributed by atoms with Gasteiger partial charge >= 0.3 is 0 Å². The summed E-state index contributed by atoms with van der Waals surface area (Å²) in [7, 11) is -3.20. The van der Waals surface area contributed by atoms with Crippen LogP contribution in [0.15, 0.2) is 23.1 Å². The molecule has 0 saturated heterocycles. The van der Waals surface area contributed by atoms with E-state index in [1.165, 1.54) is 0 Å². The lowest BCUT2D eigenvalue weighted by molar-refractivity contribution is 0.397. The van der Waals surface area contributed by atoms with Gasteiger partial charge in [-0.05, 0) is 42.5 Å². The standard InChI is InChI=1S/C13H21NO2S/c1-10-9-11(14)5-6-12(10)17(15,16)8-7-13(2,3)4/h5-6,9H,7-8,14H2,1-4H3. The van der Waals surface area contributed by atoms with E-state index in [0.717, 1.165) is 5.56 Å². The number of hydrogen-bond acceptors (Lipinski definition) is 3. The molecule has 2 N–H and O–H groups in total. The van der Waals surface area contributed by atoms with Crippen molar-refractivity contribution in [2.24, 2.45) is 5.41 Å². The molecule has 0 radical (unpaired) electrons. The summed E-state index contributed by atoms with van der Waals surface area (Å²) in [4.78, 5) is 0.399. The highest BCUT2D eigenvalue weighted by Crippen LogP contribution is 2.24. The number of sulfone groups is 1. The third kappa shape index (κ3) is 4.04. The van der Waals surface area contributed by atoms with E-state index in [2.05, 4.69) is 0 Å². The summed E-state index contributed by atoms with van der Waals surface area (Å²) < 4.78 is 24.3. The molecule has 17 heavy (non-hydrogen) atoms. The second-order valence-corrected chi connectivity index (χ2v) is 7.73. The van der Waals surface area contributed by atoms with Gasteiger partial charge in [-0.15, -0.1) is 0 Å². The van der Waals surface area contributed by atoms with Gasteiger partial charge in [0.05, 0.1) is 10.6 Å². The van der Waals surface area contributed by atoms with Crippen LogP contribution >= 0.6 is 0 Å². The quantitative estimate of drug-likeness (QED) is 0.845. The Hall–Kier alpha value is -1.03. The molecule has 0 heterocycles. The fourth-order valence-electron chi connectivity index (χ4n) is 1.57. The van der Waals surface area contributed by atoms with Gasteiger partial charge in [-0.25, -0.2) is 8.42 Å². The Morgan fingerprint density at radius 2 is 1.82 bits per heavy atom. The smallest absolute Gasteiger partial charge is 0.178 e. The van der Waals surface area contributed by atoms with Gasteiger partial charge in [0.15, 0.2) is 9.84 Å². The van der Waals surface area contributed by atoms with Crippen LogP contribution in [0.25, 0.3) is 0 Å². The van der Waals surface area contributed by atoms with Crippen molar-refractivity contribution in [1.82, 2.24) is 0 Å². The highest BCUT2D eigenvalue weighted by Gasteiger charge is 2.20. The predicted octanol–water partition coefficient (Wildman–Crippen LogP) is 2.79. The maximum atomic E-state index is 12.2. The van der Waals surface area contributed by atoms with Crippen molar-refractivity contribution < 1.29 is 8.42 Å². The molecule has 0 amide bonds. The lowest BCUT2D eigenvalue weighted by Crippen LogP contribution is -2.15. The minimum atomic E-state index is -3.20. The van der Waals surface area contributed by atoms with E-state index in [1.807, 2.05) is 20.8 Å². The zero-order valence-electron chi connectivity index (χ0n) is 10.9. The van der Waals surface area contributed by atoms with Crippen LogP contribution in [-0.2, 0) is 9.84 Å². The Morgan fingerprint density at radius 1 is 1.24 bits per heavy atom. The van der Waals surface area contributed by atoms with Gasteiger partial charge in [-0.3, -0.25) is 0 Å². The van der Waals surface area contributed by atoms with Gasteiger partial charge in [0.1, 0.15) is 0 Å². The van der Waals surface area contributed by atoms with Crippen LogP contribution < -0.4 is 5.73 Å². The molecule has 0 unspecified atom stereocenters. The maximum absolute atomic E-state index is 12.2. The van der Waals surface area contributed by atoms with Crippen LogP contribution in [0.5, 0.6) is 0 Å². The fourth-order valence-corrected chi connectivity index (χ4v) is 3.50. The molecule has 1 rings (SSSR count). The Labute approximate surface area is 104 Å². The van der Waals surface area contributed by atoms with Crippen molar-refractivity contribution in [1.29, 1.82) is 0 Å². The molecule has 1 aromatic carbocycles. The molecule has 0 bridgehead atoms. The SMILES string of the molecule is Cc1cc(N)ccc1S(=O)(=O)CCC(C)(C)C. The van der Waals surface area contributed by atoms with Crippen molar-refractivity contribution in [2.75, 3.05) is 11.5 Å². The van der Waals surface area contributed by atoms with E-state index < -0.39 is 9.84 Å². The van der Waals surface area contributed by atoms with Crippen molar-refractivity contribution in [3.63, 3.8) is 0 Å². The first kappa shape index (κ1) is 14.0. The van der Waals surface area contributed by atoms with E-state index in [-0.39, 0.29) is 11.2 Å². The summed E-state index contributed by atoms with van der Waals surface area (Å²) in [6.45, 7) is 7.90. The van der Waals surface area contributed by atoms with Crippen molar-refractivity contribution in [2.45, 2.75) is 39.0 Å². The number of rotatable bonds is 3. The zero-order valence-corrected chi connectivity index (χ0v) is 11.8. The van der Waals surface area contributed by atoms with Gasteiger partial charge in [0, 0.05) is 5.69 Å². The third-order valence-electron chi connectivity index (χ3n) is 2.65. The number of hydrogen-bond donors (Lipinski definition) is 1. The fraction of sp³-hybridized carbons (Fsp3) is 0.538. The molecule has 4 heteroatoms. The summed E-state index contributed by atoms with van der Waals surface area (Å²) in [6, 6.07) is 4.93. The summed E-state index contributed by atoms with van der Waals surface area (Å²) in [6.07, 6.45) is 0.652. The molecular formula is C13H21NO2S. The summed E-state index contributed by atoms with van der Waals surface area (Å²) >= 11 is 0. The van der Waals surface area contributed by atoms with Gasteiger partial charge in [-0.2, -0.15) is 0 Å². The van der Waals surface area contributed by atoms with Crippen molar-refractivity contribution in [3.05, 3.63) is 23.8 Å². The summed E-state index contributed by atoms with van der Waals surface area (Å²) in [5.41, 5.74) is 6.96. The normalized spacial score (nSPS) is 12.7. The monoisotopic (exact) mass is 255 g/mol. The van der Waals surface area contributed by atoms with E-state index in [4.69, 9.17) is 5.73 Å². The minimum absolute atomic E-state index is 0.0226. The van der Waals surface area contributed by atoms with Gasteiger partial charge in [0.25, 0.3) is 0 Å². The first-order chi connectivity index (χ1) is 7.62. The third-order valence-corrected chi connectivity index (χ3v) is 4.52. The molecule has 0 aromatic heterocycles. The van der Waals surface area contributed by atoms with Crippen LogP contribution in [0.4, 0.5) is 5.69 Å². The van der Waals surface area contributed by atoms with E-state index in [0.29, 0.717) is 17.0 Å². The summed E-state index contributed by atoms with van der Waals surface area (Å²) in [5, 5.41) is 0. The second kappa shape index (κ2) is 4.69. The predicted molar refractivity (Wildman–Crippen MR) is 71.7 cm³/mol. The Kier molecular flexibility index (Phi) is 3.87. The molecule has 96 valence electrons. The molecule has 1 aromatic rings. The number of benzene rings is 1. The van der Waals surface area contributed by atoms with E-state index in [9.17, 15) is 8.42 Å². The maximum Gasteiger partial charge on any atom is 0.178 e. The van der Waals surface area contributed by atoms with E-state index in [1.54, 1.807) is 25.1 Å². The Balaban J connectivity index is 2.98. The lowest BCUT2D eigenvalue weighted by atomic mass is 9.94. The molecular weight excluding hydrogens is 234 g/mol. The number of nitrogen functional groups attached to an aromatic ring is 1. The average molecular weight is 255 g/mol. The van der Waals surface area contributed by atoms with Crippen LogP contribution in [0.3, 0.4) is 0 Å².